The number of nitrogens with one attached hydrogen (secondary N) is 1. The van der Waals surface area contributed by atoms with Crippen LogP contribution in [0.4, 0.5) is 5.95 Å². The summed E-state index contributed by atoms with van der Waals surface area (Å²) >= 11 is 0. The number of imidazole rings is 1. The van der Waals surface area contributed by atoms with Crippen LogP contribution in [0.3, 0.4) is 0 Å². The molecule has 1 aliphatic rings. The molecule has 0 unspecified atom stereocenters. The number of nitrogens with zero attached hydrogens (tertiary/aromatic N) is 5. The van der Waals surface area contributed by atoms with Gasteiger partial charge in [0.2, 0.25) is 5.95 Å². The number of anilines is 1. The second-order valence-corrected chi connectivity index (χ2v) is 5.86. The van der Waals surface area contributed by atoms with E-state index < -0.39 is 0 Å². The molecular formula is C17H18N6O2. The second kappa shape index (κ2) is 6.39. The Kier molecular flexibility index (Phi) is 3.93. The average Bonchev–Trinajstić information content (AvgIpc) is 3.31. The quantitative estimate of drug-likeness (QED) is 0.780. The van der Waals surface area contributed by atoms with Gasteiger partial charge in [-0.1, -0.05) is 0 Å². The lowest BCUT2D eigenvalue weighted by Crippen LogP contribution is -2.37. The molecule has 1 aliphatic heterocycles. The van der Waals surface area contributed by atoms with Crippen molar-refractivity contribution in [2.45, 2.75) is 26.1 Å². The first kappa shape index (κ1) is 15.4. The van der Waals surface area contributed by atoms with Crippen LogP contribution in [0, 0.1) is 0 Å². The van der Waals surface area contributed by atoms with Crippen molar-refractivity contribution in [3.63, 3.8) is 0 Å². The van der Waals surface area contributed by atoms with E-state index in [1.165, 1.54) is 0 Å². The highest BCUT2D eigenvalue weighted by Crippen LogP contribution is 2.27. The topological polar surface area (TPSA) is 89.1 Å². The smallest absolute Gasteiger partial charge is 0.271 e. The Labute approximate surface area is 144 Å². The van der Waals surface area contributed by atoms with Gasteiger partial charge in [-0.15, -0.1) is 0 Å². The predicted molar refractivity (Wildman–Crippen MR) is 89.9 cm³/mol. The maximum Gasteiger partial charge on any atom is 0.271 e. The lowest BCUT2D eigenvalue weighted by atomic mass is 10.2. The van der Waals surface area contributed by atoms with E-state index in [-0.39, 0.29) is 11.9 Å². The number of rotatable bonds is 4. The molecule has 128 valence electrons. The van der Waals surface area contributed by atoms with Crippen molar-refractivity contribution >= 4 is 11.9 Å². The molecule has 4 heterocycles. The van der Waals surface area contributed by atoms with Gasteiger partial charge in [0.05, 0.1) is 18.8 Å². The molecule has 0 bridgehead atoms. The number of fused-ring (bicyclic) bond motifs is 1. The van der Waals surface area contributed by atoms with E-state index >= 15 is 0 Å². The molecule has 1 amide bonds. The molecule has 1 atom stereocenters. The summed E-state index contributed by atoms with van der Waals surface area (Å²) in [5.74, 6) is 2.00. The first-order valence-electron chi connectivity index (χ1n) is 8.13. The van der Waals surface area contributed by atoms with E-state index in [2.05, 4.69) is 25.2 Å². The number of furan rings is 1. The minimum atomic E-state index is -0.215. The van der Waals surface area contributed by atoms with Crippen LogP contribution in [0.5, 0.6) is 0 Å². The summed E-state index contributed by atoms with van der Waals surface area (Å²) in [6, 6.07) is 5.39. The van der Waals surface area contributed by atoms with Crippen molar-refractivity contribution in [3.05, 3.63) is 60.3 Å². The molecule has 0 fully saturated rings. The predicted octanol–water partition coefficient (Wildman–Crippen LogP) is 1.78. The first-order chi connectivity index (χ1) is 12.2. The molecule has 0 saturated heterocycles. The Bertz CT molecular complexity index is 859. The van der Waals surface area contributed by atoms with Gasteiger partial charge in [0.25, 0.3) is 5.91 Å². The number of hydrogen-bond acceptors (Lipinski definition) is 6. The Morgan fingerprint density at radius 3 is 2.92 bits per heavy atom. The van der Waals surface area contributed by atoms with Crippen molar-refractivity contribution in [2.24, 2.45) is 0 Å². The fourth-order valence-electron chi connectivity index (χ4n) is 2.98. The lowest BCUT2D eigenvalue weighted by Gasteiger charge is -2.33. The van der Waals surface area contributed by atoms with Gasteiger partial charge >= 0.3 is 0 Å². The molecule has 4 rings (SSSR count). The first-order valence-corrected chi connectivity index (χ1v) is 8.13. The standard InChI is InChI=1S/C17H18N6O2/c1-12-15-21-14(16(24)20-10-13-4-2-9-25-13)11-22(15)7-8-23(12)17-18-5-3-6-19-17/h2-6,9,11-12H,7-8,10H2,1H3,(H,20,24)/t12-/m1/s1. The average molecular weight is 338 g/mol. The zero-order valence-corrected chi connectivity index (χ0v) is 13.8. The van der Waals surface area contributed by atoms with Crippen molar-refractivity contribution in [3.8, 4) is 0 Å². The van der Waals surface area contributed by atoms with E-state index in [4.69, 9.17) is 4.42 Å². The van der Waals surface area contributed by atoms with Crippen LogP contribution in [0.15, 0.2) is 47.5 Å². The van der Waals surface area contributed by atoms with Gasteiger partial charge < -0.3 is 19.2 Å². The fraction of sp³-hybridized carbons (Fsp3) is 0.294. The summed E-state index contributed by atoms with van der Waals surface area (Å²) in [5, 5.41) is 2.82. The molecule has 0 aromatic carbocycles. The van der Waals surface area contributed by atoms with E-state index in [9.17, 15) is 4.79 Å². The lowest BCUT2D eigenvalue weighted by molar-refractivity contribution is 0.0943. The summed E-state index contributed by atoms with van der Waals surface area (Å²) in [6.45, 7) is 3.88. The minimum Gasteiger partial charge on any atom is -0.467 e. The third-order valence-corrected chi connectivity index (χ3v) is 4.28. The maximum absolute atomic E-state index is 12.3. The normalized spacial score (nSPS) is 16.5. The van der Waals surface area contributed by atoms with Gasteiger partial charge in [0, 0.05) is 31.7 Å². The van der Waals surface area contributed by atoms with Crippen LogP contribution in [-0.4, -0.2) is 32.0 Å². The number of carbonyl (C=O) groups is 1. The summed E-state index contributed by atoms with van der Waals surface area (Å²) in [6.07, 6.45) is 6.83. The van der Waals surface area contributed by atoms with Crippen molar-refractivity contribution < 1.29 is 9.21 Å². The maximum atomic E-state index is 12.3. The molecule has 0 spiro atoms. The van der Waals surface area contributed by atoms with Crippen LogP contribution in [0.25, 0.3) is 0 Å². The molecule has 0 radical (unpaired) electrons. The molecular weight excluding hydrogens is 320 g/mol. The summed E-state index contributed by atoms with van der Waals surface area (Å²) < 4.78 is 7.24. The molecule has 0 aliphatic carbocycles. The van der Waals surface area contributed by atoms with E-state index in [1.54, 1.807) is 37.0 Å². The van der Waals surface area contributed by atoms with E-state index in [0.717, 1.165) is 18.9 Å². The van der Waals surface area contributed by atoms with Gasteiger partial charge in [0.15, 0.2) is 0 Å². The SMILES string of the molecule is C[C@@H]1c2nc(C(=O)NCc3ccco3)cn2CCN1c1ncccn1. The van der Waals surface area contributed by atoms with E-state index in [0.29, 0.717) is 23.9 Å². The van der Waals surface area contributed by atoms with Gasteiger partial charge in [-0.3, -0.25) is 4.79 Å². The Morgan fingerprint density at radius 2 is 2.16 bits per heavy atom. The third kappa shape index (κ3) is 2.98. The molecule has 3 aromatic heterocycles. The Hall–Kier alpha value is -3.16. The number of hydrogen-bond donors (Lipinski definition) is 1. The monoisotopic (exact) mass is 338 g/mol. The van der Waals surface area contributed by atoms with E-state index in [1.807, 2.05) is 17.6 Å². The summed E-state index contributed by atoms with van der Waals surface area (Å²) in [5.41, 5.74) is 0.407. The Balaban J connectivity index is 1.50. The van der Waals surface area contributed by atoms with Gasteiger partial charge in [-0.05, 0) is 25.1 Å². The molecule has 1 N–H and O–H groups in total. The number of carbonyl (C=O) groups excluding carboxylic acids is 1. The van der Waals surface area contributed by atoms with Crippen molar-refractivity contribution in [1.82, 2.24) is 24.8 Å². The van der Waals surface area contributed by atoms with Crippen LogP contribution >= 0.6 is 0 Å². The van der Waals surface area contributed by atoms with Crippen LogP contribution in [-0.2, 0) is 13.1 Å². The largest absolute Gasteiger partial charge is 0.467 e. The number of amides is 1. The van der Waals surface area contributed by atoms with Crippen LogP contribution in [0.2, 0.25) is 0 Å². The Morgan fingerprint density at radius 1 is 1.32 bits per heavy atom. The summed E-state index contributed by atoms with van der Waals surface area (Å²) in [4.78, 5) is 27.6. The highest BCUT2D eigenvalue weighted by molar-refractivity contribution is 5.92. The van der Waals surface area contributed by atoms with Crippen molar-refractivity contribution in [1.29, 1.82) is 0 Å². The molecule has 0 saturated carbocycles. The van der Waals surface area contributed by atoms with Gasteiger partial charge in [0.1, 0.15) is 17.3 Å². The highest BCUT2D eigenvalue weighted by atomic mass is 16.3. The zero-order chi connectivity index (χ0) is 17.2. The van der Waals surface area contributed by atoms with Crippen molar-refractivity contribution in [2.75, 3.05) is 11.4 Å². The molecule has 3 aromatic rings. The highest BCUT2D eigenvalue weighted by Gasteiger charge is 2.29. The number of aromatic nitrogens is 4. The third-order valence-electron chi connectivity index (χ3n) is 4.28. The van der Waals surface area contributed by atoms with Gasteiger partial charge in [-0.25, -0.2) is 15.0 Å². The summed E-state index contributed by atoms with van der Waals surface area (Å²) in [7, 11) is 0. The molecule has 8 heteroatoms. The zero-order valence-electron chi connectivity index (χ0n) is 13.8. The molecule has 25 heavy (non-hydrogen) atoms. The fourth-order valence-corrected chi connectivity index (χ4v) is 2.98. The van der Waals surface area contributed by atoms with Gasteiger partial charge in [-0.2, -0.15) is 0 Å². The molecule has 8 nitrogen and oxygen atoms in total. The minimum absolute atomic E-state index is 0.0113. The van der Waals surface area contributed by atoms with Crippen LogP contribution in [0.1, 0.15) is 35.0 Å². The second-order valence-electron chi connectivity index (χ2n) is 5.86. The van der Waals surface area contributed by atoms with Crippen LogP contribution < -0.4 is 10.2 Å².